The van der Waals surface area contributed by atoms with Crippen LogP contribution in [0.15, 0.2) is 11.6 Å². The van der Waals surface area contributed by atoms with E-state index in [4.69, 9.17) is 9.47 Å². The van der Waals surface area contributed by atoms with Crippen molar-refractivity contribution in [3.05, 3.63) is 11.6 Å². The minimum absolute atomic E-state index is 0.0179. The van der Waals surface area contributed by atoms with E-state index < -0.39 is 17.3 Å². The van der Waals surface area contributed by atoms with Crippen LogP contribution >= 0.6 is 0 Å². The molecule has 1 saturated carbocycles. The molecule has 2 heterocycles. The quantitative estimate of drug-likeness (QED) is 0.771. The standard InChI is InChI=1S/C20H30O5/c1-5-14(21)15-16-18(2,3)9-6-10-19(16,4)20(23,25-15)11-7-13-8-12-24-17(13)22/h8,15-16,23H,5-7,9-12H2,1-4H3/t15-,16+,19-,20-/m0/s1. The van der Waals surface area contributed by atoms with Gasteiger partial charge in [0.15, 0.2) is 11.6 Å². The van der Waals surface area contributed by atoms with Crippen LogP contribution in [0.1, 0.15) is 66.2 Å². The molecule has 0 radical (unpaired) electrons. The van der Waals surface area contributed by atoms with E-state index in [9.17, 15) is 14.7 Å². The Balaban J connectivity index is 1.90. The molecule has 0 aromatic heterocycles. The molecule has 1 aliphatic carbocycles. The first-order chi connectivity index (χ1) is 11.6. The Morgan fingerprint density at radius 1 is 1.32 bits per heavy atom. The van der Waals surface area contributed by atoms with Gasteiger partial charge in [-0.3, -0.25) is 4.79 Å². The summed E-state index contributed by atoms with van der Waals surface area (Å²) in [6.07, 6.45) is 5.17. The summed E-state index contributed by atoms with van der Waals surface area (Å²) in [5.41, 5.74) is 0.0313. The zero-order chi connectivity index (χ0) is 18.5. The van der Waals surface area contributed by atoms with Crippen LogP contribution in [0.3, 0.4) is 0 Å². The van der Waals surface area contributed by atoms with Gasteiger partial charge in [-0.25, -0.2) is 4.79 Å². The van der Waals surface area contributed by atoms with Crippen molar-refractivity contribution >= 4 is 11.8 Å². The number of cyclic esters (lactones) is 1. The fourth-order valence-corrected chi connectivity index (χ4v) is 5.38. The number of carbonyl (C=O) groups is 2. The smallest absolute Gasteiger partial charge is 0.334 e. The van der Waals surface area contributed by atoms with Gasteiger partial charge in [0.1, 0.15) is 12.7 Å². The van der Waals surface area contributed by atoms with Gasteiger partial charge < -0.3 is 14.6 Å². The van der Waals surface area contributed by atoms with E-state index in [-0.39, 0.29) is 23.1 Å². The molecule has 0 aromatic rings. The van der Waals surface area contributed by atoms with Crippen LogP contribution in [-0.4, -0.2) is 35.4 Å². The van der Waals surface area contributed by atoms with E-state index in [0.717, 1.165) is 19.3 Å². The van der Waals surface area contributed by atoms with Gasteiger partial charge in [-0.15, -0.1) is 0 Å². The molecule has 1 saturated heterocycles. The van der Waals surface area contributed by atoms with Crippen molar-refractivity contribution in [1.82, 2.24) is 0 Å². The Labute approximate surface area is 149 Å². The molecule has 0 amide bonds. The van der Waals surface area contributed by atoms with Crippen LogP contribution in [0.4, 0.5) is 0 Å². The van der Waals surface area contributed by atoms with Crippen LogP contribution in [0.2, 0.25) is 0 Å². The Bertz CT molecular complexity index is 607. The minimum atomic E-state index is -1.39. The van der Waals surface area contributed by atoms with Gasteiger partial charge in [-0.1, -0.05) is 34.1 Å². The van der Waals surface area contributed by atoms with E-state index in [0.29, 0.717) is 31.4 Å². The topological polar surface area (TPSA) is 72.8 Å². The Morgan fingerprint density at radius 3 is 2.64 bits per heavy atom. The zero-order valence-electron chi connectivity index (χ0n) is 15.8. The lowest BCUT2D eigenvalue weighted by Crippen LogP contribution is -2.52. The molecule has 0 spiro atoms. The number of aliphatic hydroxyl groups is 1. The molecular formula is C20H30O5. The second-order valence-corrected chi connectivity index (χ2v) is 8.71. The number of fused-ring (bicyclic) bond motifs is 1. The summed E-state index contributed by atoms with van der Waals surface area (Å²) in [6.45, 7) is 8.56. The lowest BCUT2D eigenvalue weighted by atomic mass is 9.53. The van der Waals surface area contributed by atoms with Gasteiger partial charge in [0.05, 0.1) is 0 Å². The lowest BCUT2D eigenvalue weighted by Gasteiger charge is -2.51. The average Bonchev–Trinajstić information content (AvgIpc) is 3.05. The number of ketones is 1. The van der Waals surface area contributed by atoms with Crippen molar-refractivity contribution in [3.63, 3.8) is 0 Å². The molecule has 4 atom stereocenters. The molecule has 3 rings (SSSR count). The van der Waals surface area contributed by atoms with Gasteiger partial charge in [0, 0.05) is 29.7 Å². The maximum atomic E-state index is 12.6. The van der Waals surface area contributed by atoms with Crippen LogP contribution in [0.5, 0.6) is 0 Å². The zero-order valence-corrected chi connectivity index (χ0v) is 15.8. The Morgan fingerprint density at radius 2 is 2.04 bits per heavy atom. The fourth-order valence-electron chi connectivity index (χ4n) is 5.38. The number of hydrogen-bond acceptors (Lipinski definition) is 5. The molecule has 3 aliphatic rings. The van der Waals surface area contributed by atoms with E-state index in [1.165, 1.54) is 0 Å². The Hall–Kier alpha value is -1.20. The highest BCUT2D eigenvalue weighted by molar-refractivity contribution is 5.90. The summed E-state index contributed by atoms with van der Waals surface area (Å²) in [7, 11) is 0. The first-order valence-electron chi connectivity index (χ1n) is 9.44. The van der Waals surface area contributed by atoms with Crippen molar-refractivity contribution in [2.75, 3.05) is 6.61 Å². The third kappa shape index (κ3) is 2.85. The molecule has 5 nitrogen and oxygen atoms in total. The van der Waals surface area contributed by atoms with Crippen LogP contribution in [0, 0.1) is 16.7 Å². The largest absolute Gasteiger partial charge is 0.458 e. The summed E-state index contributed by atoms with van der Waals surface area (Å²) in [5.74, 6) is -1.67. The van der Waals surface area contributed by atoms with Crippen molar-refractivity contribution in [2.45, 2.75) is 78.1 Å². The number of rotatable bonds is 5. The van der Waals surface area contributed by atoms with Gasteiger partial charge in [0.2, 0.25) is 0 Å². The normalized spacial score (nSPS) is 39.7. The maximum Gasteiger partial charge on any atom is 0.334 e. The second-order valence-electron chi connectivity index (χ2n) is 8.71. The van der Waals surface area contributed by atoms with Gasteiger partial charge in [-0.2, -0.15) is 0 Å². The highest BCUT2D eigenvalue weighted by Gasteiger charge is 2.67. The van der Waals surface area contributed by atoms with Crippen molar-refractivity contribution in [2.24, 2.45) is 16.7 Å². The van der Waals surface area contributed by atoms with Gasteiger partial charge >= 0.3 is 5.97 Å². The molecular weight excluding hydrogens is 320 g/mol. The highest BCUT2D eigenvalue weighted by Crippen LogP contribution is 2.64. The molecule has 0 bridgehead atoms. The number of carbonyl (C=O) groups excluding carboxylic acids is 2. The molecule has 140 valence electrons. The van der Waals surface area contributed by atoms with Crippen molar-refractivity contribution < 1.29 is 24.2 Å². The summed E-state index contributed by atoms with van der Waals surface area (Å²) in [5, 5.41) is 11.5. The van der Waals surface area contributed by atoms with Crippen LogP contribution in [-0.2, 0) is 19.1 Å². The molecule has 2 fully saturated rings. The highest BCUT2D eigenvalue weighted by atomic mass is 16.6. The summed E-state index contributed by atoms with van der Waals surface area (Å²) >= 11 is 0. The molecule has 2 aliphatic heterocycles. The summed E-state index contributed by atoms with van der Waals surface area (Å²) < 4.78 is 11.1. The molecule has 0 unspecified atom stereocenters. The third-order valence-electron chi connectivity index (χ3n) is 6.77. The van der Waals surface area contributed by atoms with E-state index in [1.54, 1.807) is 6.08 Å². The van der Waals surface area contributed by atoms with E-state index in [2.05, 4.69) is 20.8 Å². The summed E-state index contributed by atoms with van der Waals surface area (Å²) in [6, 6.07) is 0. The Kier molecular flexibility index (Phi) is 4.61. The second kappa shape index (κ2) is 6.20. The number of Topliss-reactive ketones (excluding diaryl/α,β-unsaturated/α-hetero) is 1. The maximum absolute atomic E-state index is 12.6. The number of ether oxygens (including phenoxy) is 2. The van der Waals surface area contributed by atoms with Crippen molar-refractivity contribution in [1.29, 1.82) is 0 Å². The van der Waals surface area contributed by atoms with E-state index >= 15 is 0 Å². The van der Waals surface area contributed by atoms with Crippen LogP contribution in [0.25, 0.3) is 0 Å². The van der Waals surface area contributed by atoms with Gasteiger partial charge in [0.25, 0.3) is 0 Å². The predicted molar refractivity (Wildman–Crippen MR) is 92.6 cm³/mol. The molecule has 0 aromatic carbocycles. The molecule has 5 heteroatoms. The monoisotopic (exact) mass is 350 g/mol. The van der Waals surface area contributed by atoms with Gasteiger partial charge in [-0.05, 0) is 30.8 Å². The minimum Gasteiger partial charge on any atom is -0.458 e. The first-order valence-corrected chi connectivity index (χ1v) is 9.44. The molecule has 1 N–H and O–H groups in total. The van der Waals surface area contributed by atoms with Crippen LogP contribution < -0.4 is 0 Å². The predicted octanol–water partition coefficient (Wildman–Crippen LogP) is 3.15. The lowest BCUT2D eigenvalue weighted by molar-refractivity contribution is -0.244. The first kappa shape index (κ1) is 18.6. The SMILES string of the molecule is CCC(=O)[C@@H]1O[C@@](O)(CCC2=CCOC2=O)[C@@]2(C)CCCC(C)(C)[C@@H]12. The van der Waals surface area contributed by atoms with Crippen molar-refractivity contribution in [3.8, 4) is 0 Å². The average molecular weight is 350 g/mol. The molecule has 25 heavy (non-hydrogen) atoms. The number of hydrogen-bond donors (Lipinski definition) is 1. The number of esters is 1. The fraction of sp³-hybridized carbons (Fsp3) is 0.800. The third-order valence-corrected chi connectivity index (χ3v) is 6.77. The van der Waals surface area contributed by atoms with E-state index in [1.807, 2.05) is 6.92 Å². The summed E-state index contributed by atoms with van der Waals surface area (Å²) in [4.78, 5) is 24.3.